The zero-order valence-corrected chi connectivity index (χ0v) is 14.6. The fourth-order valence-corrected chi connectivity index (χ4v) is 3.55. The van der Waals surface area contributed by atoms with Gasteiger partial charge in [0, 0.05) is 16.2 Å². The highest BCUT2D eigenvalue weighted by atomic mass is 35.5. The van der Waals surface area contributed by atoms with Gasteiger partial charge in [0.1, 0.15) is 6.33 Å². The highest BCUT2D eigenvalue weighted by molar-refractivity contribution is 7.98. The van der Waals surface area contributed by atoms with E-state index in [1.165, 1.54) is 18.1 Å². The van der Waals surface area contributed by atoms with Crippen LogP contribution in [0.3, 0.4) is 0 Å². The average Bonchev–Trinajstić information content (AvgIpc) is 3.01. The van der Waals surface area contributed by atoms with E-state index in [1.807, 2.05) is 48.5 Å². The van der Waals surface area contributed by atoms with E-state index in [0.717, 1.165) is 21.5 Å². The predicted octanol–water partition coefficient (Wildman–Crippen LogP) is 3.74. The van der Waals surface area contributed by atoms with E-state index in [2.05, 4.69) is 20.1 Å². The minimum atomic E-state index is 0.283. The van der Waals surface area contributed by atoms with Crippen LogP contribution in [0.5, 0.6) is 0 Å². The molecule has 8 heteroatoms. The Balaban J connectivity index is 1.65. The molecule has 2 N–H and O–H groups in total. The fraction of sp³-hybridized carbons (Fsp3) is 0.0588. The minimum absolute atomic E-state index is 0.283. The van der Waals surface area contributed by atoms with Gasteiger partial charge >= 0.3 is 0 Å². The van der Waals surface area contributed by atoms with Gasteiger partial charge in [-0.1, -0.05) is 53.7 Å². The molecule has 0 radical (unpaired) electrons. The quantitative estimate of drug-likeness (QED) is 0.552. The van der Waals surface area contributed by atoms with Gasteiger partial charge in [-0.25, -0.2) is 9.97 Å². The lowest BCUT2D eigenvalue weighted by Crippen LogP contribution is -2.05. The van der Waals surface area contributed by atoms with Gasteiger partial charge in [-0.05, 0) is 23.8 Å². The largest absolute Gasteiger partial charge is 0.368 e. The third-order valence-corrected chi connectivity index (χ3v) is 4.90. The molecule has 6 nitrogen and oxygen atoms in total. The first-order valence-corrected chi connectivity index (χ1v) is 8.87. The van der Waals surface area contributed by atoms with Crippen molar-refractivity contribution in [3.8, 4) is 5.82 Å². The van der Waals surface area contributed by atoms with E-state index < -0.39 is 0 Å². The van der Waals surface area contributed by atoms with Gasteiger partial charge in [0.05, 0.1) is 5.52 Å². The van der Waals surface area contributed by atoms with Gasteiger partial charge in [-0.2, -0.15) is 9.67 Å². The van der Waals surface area contributed by atoms with Crippen LogP contribution in [0.15, 0.2) is 60.0 Å². The van der Waals surface area contributed by atoms with Crippen molar-refractivity contribution in [3.63, 3.8) is 0 Å². The lowest BCUT2D eigenvalue weighted by atomic mass is 10.2. The number of nitrogens with two attached hydrogens (primary N) is 1. The number of rotatable bonds is 4. The smallest absolute Gasteiger partial charge is 0.225 e. The van der Waals surface area contributed by atoms with Crippen LogP contribution in [-0.4, -0.2) is 24.7 Å². The number of nitrogens with zero attached hydrogens (tertiary/aromatic N) is 5. The Hall–Kier alpha value is -2.64. The number of fused-ring (bicyclic) bond motifs is 1. The first-order chi connectivity index (χ1) is 12.2. The van der Waals surface area contributed by atoms with Gasteiger partial charge in [0.25, 0.3) is 0 Å². The van der Waals surface area contributed by atoms with Crippen LogP contribution < -0.4 is 5.73 Å². The van der Waals surface area contributed by atoms with Crippen LogP contribution in [0.4, 0.5) is 5.95 Å². The minimum Gasteiger partial charge on any atom is -0.368 e. The van der Waals surface area contributed by atoms with Crippen molar-refractivity contribution in [1.82, 2.24) is 24.7 Å². The lowest BCUT2D eigenvalue weighted by Gasteiger charge is -2.04. The normalized spacial score (nSPS) is 11.1. The Bertz CT molecular complexity index is 1040. The molecule has 4 rings (SSSR count). The maximum Gasteiger partial charge on any atom is 0.225 e. The van der Waals surface area contributed by atoms with E-state index in [0.29, 0.717) is 16.7 Å². The molecule has 2 heterocycles. The molecular weight excluding hydrogens is 356 g/mol. The molecule has 2 aromatic carbocycles. The van der Waals surface area contributed by atoms with Crippen molar-refractivity contribution < 1.29 is 0 Å². The summed E-state index contributed by atoms with van der Waals surface area (Å²) in [4.78, 5) is 12.9. The second-order valence-electron chi connectivity index (χ2n) is 5.26. The Labute approximate surface area is 153 Å². The summed E-state index contributed by atoms with van der Waals surface area (Å²) in [5.41, 5.74) is 7.90. The van der Waals surface area contributed by atoms with Gasteiger partial charge in [0.15, 0.2) is 5.82 Å². The molecule has 25 heavy (non-hydrogen) atoms. The van der Waals surface area contributed by atoms with Gasteiger partial charge in [0.2, 0.25) is 11.1 Å². The third-order valence-electron chi connectivity index (χ3n) is 3.65. The second-order valence-corrected chi connectivity index (χ2v) is 6.61. The monoisotopic (exact) mass is 368 g/mol. The Kier molecular flexibility index (Phi) is 4.25. The van der Waals surface area contributed by atoms with Crippen LogP contribution in [0.2, 0.25) is 5.02 Å². The zero-order chi connectivity index (χ0) is 17.2. The zero-order valence-electron chi connectivity index (χ0n) is 13.0. The van der Waals surface area contributed by atoms with Crippen molar-refractivity contribution in [2.24, 2.45) is 0 Å². The van der Waals surface area contributed by atoms with Crippen molar-refractivity contribution in [2.45, 2.75) is 10.9 Å². The summed E-state index contributed by atoms with van der Waals surface area (Å²) >= 11 is 7.66. The molecule has 2 aromatic heterocycles. The molecule has 0 saturated carbocycles. The molecular formula is C17H13ClN6S. The molecule has 0 aliphatic heterocycles. The third kappa shape index (κ3) is 3.16. The highest BCUT2D eigenvalue weighted by Crippen LogP contribution is 2.26. The molecule has 0 aliphatic carbocycles. The summed E-state index contributed by atoms with van der Waals surface area (Å²) in [6, 6.07) is 15.4. The maximum absolute atomic E-state index is 6.19. The first-order valence-electron chi connectivity index (χ1n) is 7.51. The molecule has 0 bridgehead atoms. The van der Waals surface area contributed by atoms with Gasteiger partial charge < -0.3 is 5.73 Å². The molecule has 0 aliphatic rings. The van der Waals surface area contributed by atoms with Gasteiger partial charge in [-0.3, -0.25) is 0 Å². The maximum atomic E-state index is 6.19. The summed E-state index contributed by atoms with van der Waals surface area (Å²) < 4.78 is 1.54. The number of anilines is 1. The number of halogens is 1. The van der Waals surface area contributed by atoms with E-state index >= 15 is 0 Å². The van der Waals surface area contributed by atoms with Crippen LogP contribution in [0, 0.1) is 0 Å². The topological polar surface area (TPSA) is 82.5 Å². The molecule has 0 unspecified atom stereocenters. The fourth-order valence-electron chi connectivity index (χ4n) is 2.44. The standard InChI is InChI=1S/C17H13ClN6S/c18-13-7-3-1-5-11(13)9-25-17-22-16(19)24(23-17)15-12-6-2-4-8-14(12)20-10-21-15/h1-8,10H,9H2,(H2,19,22,23). The Morgan fingerprint density at radius 3 is 2.72 bits per heavy atom. The second kappa shape index (κ2) is 6.70. The molecule has 0 fully saturated rings. The Morgan fingerprint density at radius 1 is 1.04 bits per heavy atom. The van der Waals surface area contributed by atoms with E-state index in [-0.39, 0.29) is 5.95 Å². The first kappa shape index (κ1) is 15.9. The summed E-state index contributed by atoms with van der Waals surface area (Å²) in [7, 11) is 0. The number of nitrogen functional groups attached to an aromatic ring is 1. The van der Waals surface area contributed by atoms with Crippen LogP contribution >= 0.6 is 23.4 Å². The number of aromatic nitrogens is 5. The average molecular weight is 369 g/mol. The number of benzene rings is 2. The van der Waals surface area contributed by atoms with Crippen molar-refractivity contribution in [1.29, 1.82) is 0 Å². The summed E-state index contributed by atoms with van der Waals surface area (Å²) in [5.74, 6) is 1.55. The van der Waals surface area contributed by atoms with E-state index in [1.54, 1.807) is 4.68 Å². The lowest BCUT2D eigenvalue weighted by molar-refractivity contribution is 0.819. The summed E-state index contributed by atoms with van der Waals surface area (Å²) in [5, 5.41) is 6.65. The van der Waals surface area contributed by atoms with Crippen LogP contribution in [-0.2, 0) is 5.75 Å². The van der Waals surface area contributed by atoms with Crippen molar-refractivity contribution in [2.75, 3.05) is 5.73 Å². The van der Waals surface area contributed by atoms with Crippen molar-refractivity contribution in [3.05, 3.63) is 65.4 Å². The molecule has 4 aromatic rings. The molecule has 0 saturated heterocycles. The van der Waals surface area contributed by atoms with E-state index in [4.69, 9.17) is 17.3 Å². The number of para-hydroxylation sites is 1. The highest BCUT2D eigenvalue weighted by Gasteiger charge is 2.14. The SMILES string of the molecule is Nc1nc(SCc2ccccc2Cl)nn1-c1ncnc2ccccc12. The summed E-state index contributed by atoms with van der Waals surface area (Å²) in [6.07, 6.45) is 1.50. The van der Waals surface area contributed by atoms with Crippen LogP contribution in [0.25, 0.3) is 16.7 Å². The van der Waals surface area contributed by atoms with Crippen molar-refractivity contribution >= 4 is 40.2 Å². The summed E-state index contributed by atoms with van der Waals surface area (Å²) in [6.45, 7) is 0. The number of thioether (sulfide) groups is 1. The number of hydrogen-bond acceptors (Lipinski definition) is 6. The molecule has 0 amide bonds. The number of hydrogen-bond donors (Lipinski definition) is 1. The predicted molar refractivity (Wildman–Crippen MR) is 99.9 cm³/mol. The molecule has 0 atom stereocenters. The van der Waals surface area contributed by atoms with E-state index in [9.17, 15) is 0 Å². The molecule has 0 spiro atoms. The van der Waals surface area contributed by atoms with Gasteiger partial charge in [-0.15, -0.1) is 5.10 Å². The van der Waals surface area contributed by atoms with Crippen LogP contribution in [0.1, 0.15) is 5.56 Å². The molecule has 124 valence electrons. The Morgan fingerprint density at radius 2 is 1.84 bits per heavy atom.